The summed E-state index contributed by atoms with van der Waals surface area (Å²) < 4.78 is 33.9. The van der Waals surface area contributed by atoms with Gasteiger partial charge >= 0.3 is 0 Å². The second-order valence-corrected chi connectivity index (χ2v) is 8.81. The van der Waals surface area contributed by atoms with Crippen molar-refractivity contribution in [1.82, 2.24) is 14.9 Å². The van der Waals surface area contributed by atoms with Gasteiger partial charge in [-0.15, -0.1) is 0 Å². The Labute approximate surface area is 157 Å². The molecule has 0 radical (unpaired) electrons. The van der Waals surface area contributed by atoms with Crippen LogP contribution >= 0.6 is 23.2 Å². The smallest absolute Gasteiger partial charge is 0.241 e. The minimum absolute atomic E-state index is 0.0609. The first-order chi connectivity index (χ1) is 11.8. The first-order valence-electron chi connectivity index (χ1n) is 8.12. The van der Waals surface area contributed by atoms with Crippen molar-refractivity contribution in [3.05, 3.63) is 40.0 Å². The van der Waals surface area contributed by atoms with Gasteiger partial charge in [0, 0.05) is 6.92 Å². The number of halogens is 2. The van der Waals surface area contributed by atoms with Crippen LogP contribution in [0.4, 0.5) is 0 Å². The number of hydrogen-bond donors (Lipinski definition) is 1. The number of aromatic nitrogens is 2. The second kappa shape index (κ2) is 7.23. The molecule has 9 heteroatoms. The average Bonchev–Trinajstić information content (AvgIpc) is 2.86. The highest BCUT2D eigenvalue weighted by Gasteiger charge is 2.41. The highest BCUT2D eigenvalue weighted by molar-refractivity contribution is 7.89. The van der Waals surface area contributed by atoms with Gasteiger partial charge in [-0.1, -0.05) is 54.0 Å². The lowest BCUT2D eigenvalue weighted by Crippen LogP contribution is -2.46. The van der Waals surface area contributed by atoms with Gasteiger partial charge in [0.05, 0.1) is 20.5 Å². The zero-order valence-corrected chi connectivity index (χ0v) is 16.1. The van der Waals surface area contributed by atoms with E-state index in [4.69, 9.17) is 27.7 Å². The largest absolute Gasteiger partial charge is 0.340 e. The lowest BCUT2D eigenvalue weighted by atomic mass is 9.91. The van der Waals surface area contributed by atoms with Crippen molar-refractivity contribution in [3.63, 3.8) is 0 Å². The molecule has 1 heterocycles. The van der Waals surface area contributed by atoms with E-state index in [0.29, 0.717) is 29.6 Å². The van der Waals surface area contributed by atoms with Gasteiger partial charge in [-0.2, -0.15) is 9.71 Å². The summed E-state index contributed by atoms with van der Waals surface area (Å²) in [4.78, 5) is 4.37. The zero-order valence-electron chi connectivity index (χ0n) is 13.8. The molecule has 3 rings (SSSR count). The molecule has 1 aromatic heterocycles. The molecule has 25 heavy (non-hydrogen) atoms. The van der Waals surface area contributed by atoms with Crippen LogP contribution in [0, 0.1) is 6.92 Å². The van der Waals surface area contributed by atoms with Crippen LogP contribution in [0.15, 0.2) is 27.6 Å². The number of nitrogens with zero attached hydrogens (tertiary/aromatic N) is 2. The van der Waals surface area contributed by atoms with Crippen molar-refractivity contribution in [1.29, 1.82) is 0 Å². The van der Waals surface area contributed by atoms with E-state index in [1.807, 2.05) is 0 Å². The molecule has 1 aliphatic carbocycles. The average molecular weight is 404 g/mol. The molecule has 0 bridgehead atoms. The number of benzene rings is 1. The van der Waals surface area contributed by atoms with Gasteiger partial charge in [0.15, 0.2) is 5.82 Å². The monoisotopic (exact) mass is 403 g/mol. The van der Waals surface area contributed by atoms with E-state index >= 15 is 0 Å². The SMILES string of the molecule is Cc1nc(C2(NS(=O)(=O)c3ccc(Cl)c(Cl)c3)CCCCCC2)no1. The summed E-state index contributed by atoms with van der Waals surface area (Å²) in [7, 11) is -3.83. The molecule has 1 saturated carbocycles. The van der Waals surface area contributed by atoms with Gasteiger partial charge in [-0.3, -0.25) is 0 Å². The van der Waals surface area contributed by atoms with Crippen molar-refractivity contribution in [3.8, 4) is 0 Å². The second-order valence-electron chi connectivity index (χ2n) is 6.31. The molecule has 0 saturated heterocycles. The minimum Gasteiger partial charge on any atom is -0.340 e. The van der Waals surface area contributed by atoms with Crippen LogP contribution in [-0.2, 0) is 15.6 Å². The van der Waals surface area contributed by atoms with Crippen LogP contribution in [0.3, 0.4) is 0 Å². The molecule has 0 amide bonds. The van der Waals surface area contributed by atoms with E-state index in [0.717, 1.165) is 25.7 Å². The Balaban J connectivity index is 2.00. The molecule has 6 nitrogen and oxygen atoms in total. The van der Waals surface area contributed by atoms with E-state index in [-0.39, 0.29) is 9.92 Å². The summed E-state index contributed by atoms with van der Waals surface area (Å²) in [5.41, 5.74) is -0.876. The molecule has 0 spiro atoms. The normalized spacial score (nSPS) is 18.0. The van der Waals surface area contributed by atoms with Crippen LogP contribution in [0.5, 0.6) is 0 Å². The number of hydrogen-bond acceptors (Lipinski definition) is 5. The summed E-state index contributed by atoms with van der Waals surface area (Å²) in [5, 5.41) is 4.50. The van der Waals surface area contributed by atoms with Crippen molar-refractivity contribution in [2.45, 2.75) is 55.9 Å². The lowest BCUT2D eigenvalue weighted by molar-refractivity contribution is 0.301. The third-order valence-corrected chi connectivity index (χ3v) is 6.72. The molecule has 136 valence electrons. The van der Waals surface area contributed by atoms with E-state index < -0.39 is 15.6 Å². The summed E-state index contributed by atoms with van der Waals surface area (Å²) in [5.74, 6) is 0.794. The number of nitrogens with one attached hydrogen (secondary N) is 1. The van der Waals surface area contributed by atoms with Crippen molar-refractivity contribution < 1.29 is 12.9 Å². The maximum absolute atomic E-state index is 13.0. The van der Waals surface area contributed by atoms with Crippen molar-refractivity contribution in [2.24, 2.45) is 0 Å². The topological polar surface area (TPSA) is 85.1 Å². The Morgan fingerprint density at radius 1 is 1.12 bits per heavy atom. The molecule has 1 aromatic carbocycles. The Kier molecular flexibility index (Phi) is 5.39. The third-order valence-electron chi connectivity index (χ3n) is 4.44. The Morgan fingerprint density at radius 3 is 2.36 bits per heavy atom. The van der Waals surface area contributed by atoms with E-state index in [1.165, 1.54) is 18.2 Å². The number of sulfonamides is 1. The molecule has 1 aliphatic rings. The first kappa shape index (κ1) is 18.6. The molecule has 0 atom stereocenters. The van der Waals surface area contributed by atoms with Crippen LogP contribution in [0.2, 0.25) is 10.0 Å². The molecule has 0 unspecified atom stereocenters. The molecule has 1 N–H and O–H groups in total. The van der Waals surface area contributed by atoms with Crippen LogP contribution in [-0.4, -0.2) is 18.6 Å². The fourth-order valence-electron chi connectivity index (χ4n) is 3.16. The summed E-state index contributed by atoms with van der Waals surface area (Å²) >= 11 is 11.9. The van der Waals surface area contributed by atoms with Gasteiger partial charge in [-0.05, 0) is 31.0 Å². The Hall–Kier alpha value is -1.15. The predicted octanol–water partition coefficient (Wildman–Crippen LogP) is 4.21. The van der Waals surface area contributed by atoms with Crippen molar-refractivity contribution in [2.75, 3.05) is 0 Å². The van der Waals surface area contributed by atoms with Gasteiger partial charge in [0.25, 0.3) is 0 Å². The molecule has 1 fully saturated rings. The van der Waals surface area contributed by atoms with Crippen molar-refractivity contribution >= 4 is 33.2 Å². The molecular weight excluding hydrogens is 385 g/mol. The quantitative estimate of drug-likeness (QED) is 0.772. The summed E-state index contributed by atoms with van der Waals surface area (Å²) in [6.45, 7) is 1.69. The molecule has 0 aliphatic heterocycles. The van der Waals surface area contributed by atoms with Crippen LogP contribution in [0.25, 0.3) is 0 Å². The highest BCUT2D eigenvalue weighted by Crippen LogP contribution is 2.36. The third kappa shape index (κ3) is 4.00. The van der Waals surface area contributed by atoms with E-state index in [2.05, 4.69) is 14.9 Å². The summed E-state index contributed by atoms with van der Waals surface area (Å²) in [6, 6.07) is 4.25. The van der Waals surface area contributed by atoms with Crippen LogP contribution in [0.1, 0.15) is 50.2 Å². The van der Waals surface area contributed by atoms with Gasteiger partial charge in [-0.25, -0.2) is 8.42 Å². The fraction of sp³-hybridized carbons (Fsp3) is 0.500. The lowest BCUT2D eigenvalue weighted by Gasteiger charge is -2.30. The maximum Gasteiger partial charge on any atom is 0.241 e. The fourth-order valence-corrected chi connectivity index (χ4v) is 4.97. The highest BCUT2D eigenvalue weighted by atomic mass is 35.5. The predicted molar refractivity (Wildman–Crippen MR) is 95.2 cm³/mol. The van der Waals surface area contributed by atoms with Crippen LogP contribution < -0.4 is 4.72 Å². The van der Waals surface area contributed by atoms with Gasteiger partial charge in [0.1, 0.15) is 0 Å². The number of aryl methyl sites for hydroxylation is 1. The van der Waals surface area contributed by atoms with Gasteiger partial charge in [0.2, 0.25) is 15.9 Å². The standard InChI is InChI=1S/C16H19Cl2N3O3S/c1-11-19-15(20-24-11)16(8-4-2-3-5-9-16)21-25(22,23)12-6-7-13(17)14(18)10-12/h6-7,10,21H,2-5,8-9H2,1H3. The van der Waals surface area contributed by atoms with E-state index in [1.54, 1.807) is 6.92 Å². The zero-order chi connectivity index (χ0) is 18.1. The van der Waals surface area contributed by atoms with Gasteiger partial charge < -0.3 is 4.52 Å². The Morgan fingerprint density at radius 2 is 1.80 bits per heavy atom. The van der Waals surface area contributed by atoms with E-state index in [9.17, 15) is 8.42 Å². The number of rotatable bonds is 4. The minimum atomic E-state index is -3.83. The first-order valence-corrected chi connectivity index (χ1v) is 10.4. The molecule has 2 aromatic rings. The maximum atomic E-state index is 13.0. The summed E-state index contributed by atoms with van der Waals surface area (Å²) in [6.07, 6.45) is 5.11. The Bertz CT molecular complexity index is 859. The molecular formula is C16H19Cl2N3O3S.